The van der Waals surface area contributed by atoms with Crippen molar-refractivity contribution in [3.8, 4) is 11.1 Å². The third-order valence-corrected chi connectivity index (χ3v) is 18.6. The quantitative estimate of drug-likeness (QED) is 0.151. The summed E-state index contributed by atoms with van der Waals surface area (Å²) in [5.74, 6) is -0.245. The number of para-hydroxylation sites is 1. The fourth-order valence-corrected chi connectivity index (χ4v) is 16.3. The second-order valence-corrected chi connectivity index (χ2v) is 19.1. The molecule has 0 N–H and O–H groups in total. The first kappa shape index (κ1) is 28.6. The third kappa shape index (κ3) is 5.61. The number of halogens is 1. The second kappa shape index (κ2) is 12.8. The van der Waals surface area contributed by atoms with Gasteiger partial charge in [-0.1, -0.05) is 6.07 Å². The molecule has 7 aromatic rings. The molecule has 0 aliphatic rings. The van der Waals surface area contributed by atoms with E-state index >= 15 is 0 Å². The van der Waals surface area contributed by atoms with Crippen LogP contribution < -0.4 is 22.5 Å². The van der Waals surface area contributed by atoms with Crippen LogP contribution >= 0.6 is 0 Å². The van der Waals surface area contributed by atoms with Gasteiger partial charge in [-0.2, -0.15) is 0 Å². The topological polar surface area (TPSA) is 3.24 Å². The van der Waals surface area contributed by atoms with Gasteiger partial charge in [0.1, 0.15) is 5.82 Å². The van der Waals surface area contributed by atoms with E-state index in [0.29, 0.717) is 0 Å². The molecule has 1 nitrogen and oxygen atoms in total. The summed E-state index contributed by atoms with van der Waals surface area (Å²) in [6, 6.07) is 67.9. The average Bonchev–Trinajstić information content (AvgIpc) is 3.12. The van der Waals surface area contributed by atoms with E-state index in [1.165, 1.54) is 35.3 Å². The molecule has 7 aromatic carbocycles. The average molecular weight is 642 g/mol. The summed E-state index contributed by atoms with van der Waals surface area (Å²) in [4.78, 5) is 2.15. The van der Waals surface area contributed by atoms with Crippen molar-refractivity contribution < 1.29 is 4.39 Å². The predicted octanol–water partition coefficient (Wildman–Crippen LogP) is 8.34. The van der Waals surface area contributed by atoms with Crippen molar-refractivity contribution in [2.75, 3.05) is 4.90 Å². The molecule has 3 heteroatoms. The Balaban J connectivity index is 1.29. The molecule has 0 aromatic heterocycles. The Hall–Kier alpha value is -5.19. The van der Waals surface area contributed by atoms with E-state index in [1.54, 1.807) is 0 Å². The van der Waals surface area contributed by atoms with E-state index in [0.717, 1.165) is 22.6 Å². The van der Waals surface area contributed by atoms with Crippen LogP contribution in [0.15, 0.2) is 194 Å². The summed E-state index contributed by atoms with van der Waals surface area (Å²) in [6.45, 7) is 0. The van der Waals surface area contributed by atoms with E-state index in [2.05, 4.69) is 157 Å². The van der Waals surface area contributed by atoms with Crippen molar-refractivity contribution in [1.82, 2.24) is 0 Å². The van der Waals surface area contributed by atoms with Crippen LogP contribution in [0.1, 0.15) is 0 Å². The Kier molecular flexibility index (Phi) is 8.14. The molecule has 0 bridgehead atoms. The molecular formula is C42H32FGeN. The number of hydrogen-bond acceptors (Lipinski definition) is 1. The van der Waals surface area contributed by atoms with Crippen molar-refractivity contribution in [3.63, 3.8) is 0 Å². The van der Waals surface area contributed by atoms with E-state index < -0.39 is 13.3 Å². The van der Waals surface area contributed by atoms with Crippen LogP contribution in [0.2, 0.25) is 0 Å². The minimum atomic E-state index is -3.29. The molecule has 0 amide bonds. The van der Waals surface area contributed by atoms with Crippen LogP contribution in [0, 0.1) is 5.82 Å². The Morgan fingerprint density at radius 3 is 1.04 bits per heavy atom. The van der Waals surface area contributed by atoms with Gasteiger partial charge >= 0.3 is 252 Å². The molecule has 0 saturated carbocycles. The van der Waals surface area contributed by atoms with Crippen LogP contribution in [-0.2, 0) is 0 Å². The maximum atomic E-state index is 13.8. The molecular weight excluding hydrogens is 610 g/mol. The first-order valence-corrected chi connectivity index (χ1v) is 19.4. The van der Waals surface area contributed by atoms with Crippen molar-refractivity contribution in [2.24, 2.45) is 0 Å². The summed E-state index contributed by atoms with van der Waals surface area (Å²) in [5, 5.41) is 0. The van der Waals surface area contributed by atoms with Gasteiger partial charge < -0.3 is 0 Å². The summed E-state index contributed by atoms with van der Waals surface area (Å²) in [7, 11) is 0. The van der Waals surface area contributed by atoms with Gasteiger partial charge in [-0.25, -0.2) is 4.39 Å². The standard InChI is InChI=1S/C42H32FGeN/c43-35-25-31-42(32-26-35)45(40-19-11-4-12-20-40)41-29-23-34(24-30-41)33-21-27-39(28-22-33)44(36-13-5-1-6-14-36,37-15-7-2-8-16-37)38-17-9-3-10-18-38/h1-32H. The molecule has 7 rings (SSSR count). The zero-order valence-corrected chi connectivity index (χ0v) is 26.9. The normalized spacial score (nSPS) is 11.2. The maximum absolute atomic E-state index is 13.8. The molecule has 0 aliphatic carbocycles. The Morgan fingerprint density at radius 1 is 0.311 bits per heavy atom. The van der Waals surface area contributed by atoms with Gasteiger partial charge in [0.15, 0.2) is 0 Å². The number of benzene rings is 7. The number of rotatable bonds is 8. The van der Waals surface area contributed by atoms with Gasteiger partial charge in [0.2, 0.25) is 0 Å². The molecule has 216 valence electrons. The van der Waals surface area contributed by atoms with E-state index in [1.807, 2.05) is 30.3 Å². The van der Waals surface area contributed by atoms with Gasteiger partial charge in [-0.3, -0.25) is 0 Å². The van der Waals surface area contributed by atoms with Crippen LogP contribution in [-0.4, -0.2) is 13.3 Å². The SMILES string of the molecule is Fc1ccc(N(c2ccccc2)c2ccc(-c3cc[c]([Ge]([c]4ccccc4)([c]4ccccc4)[c]4ccccc4)cc3)cc2)cc1. The predicted molar refractivity (Wildman–Crippen MR) is 190 cm³/mol. The summed E-state index contributed by atoms with van der Waals surface area (Å²) in [6.07, 6.45) is 0. The van der Waals surface area contributed by atoms with Crippen molar-refractivity contribution in [1.29, 1.82) is 0 Å². The molecule has 45 heavy (non-hydrogen) atoms. The van der Waals surface area contributed by atoms with Gasteiger partial charge in [-0.15, -0.1) is 0 Å². The Labute approximate surface area is 267 Å². The van der Waals surface area contributed by atoms with E-state index in [9.17, 15) is 4.39 Å². The third-order valence-electron chi connectivity index (χ3n) is 8.50. The fraction of sp³-hybridized carbons (Fsp3) is 0. The van der Waals surface area contributed by atoms with Gasteiger partial charge in [-0.05, 0) is 0 Å². The molecule has 0 unspecified atom stereocenters. The minimum absolute atomic E-state index is 0.245. The van der Waals surface area contributed by atoms with Crippen LogP contribution in [0.4, 0.5) is 21.5 Å². The van der Waals surface area contributed by atoms with E-state index in [4.69, 9.17) is 0 Å². The molecule has 0 heterocycles. The van der Waals surface area contributed by atoms with Gasteiger partial charge in [0.05, 0.1) is 0 Å². The molecule has 0 atom stereocenters. The second-order valence-electron chi connectivity index (χ2n) is 11.1. The summed E-state index contributed by atoms with van der Waals surface area (Å²) < 4.78 is 19.4. The molecule has 0 spiro atoms. The first-order valence-electron chi connectivity index (χ1n) is 15.2. The van der Waals surface area contributed by atoms with Crippen LogP contribution in [0.5, 0.6) is 0 Å². The number of hydrogen-bond donors (Lipinski definition) is 0. The van der Waals surface area contributed by atoms with Crippen LogP contribution in [0.3, 0.4) is 0 Å². The van der Waals surface area contributed by atoms with Gasteiger partial charge in [0.25, 0.3) is 0 Å². The molecule has 0 fully saturated rings. The first-order chi connectivity index (χ1) is 22.2. The molecule has 0 radical (unpaired) electrons. The number of anilines is 3. The Bertz CT molecular complexity index is 1860. The molecule has 0 saturated heterocycles. The zero-order chi connectivity index (χ0) is 30.5. The van der Waals surface area contributed by atoms with Crippen molar-refractivity contribution >= 4 is 47.9 Å². The number of nitrogens with zero attached hydrogens (tertiary/aromatic N) is 1. The summed E-state index contributed by atoms with van der Waals surface area (Å²) >= 11 is -3.29. The van der Waals surface area contributed by atoms with Crippen molar-refractivity contribution in [3.05, 3.63) is 200 Å². The Morgan fingerprint density at radius 2 is 0.622 bits per heavy atom. The monoisotopic (exact) mass is 643 g/mol. The summed E-state index contributed by atoms with van der Waals surface area (Å²) in [5.41, 5.74) is 5.26. The van der Waals surface area contributed by atoms with Crippen LogP contribution in [0.25, 0.3) is 11.1 Å². The zero-order valence-electron chi connectivity index (χ0n) is 24.8. The van der Waals surface area contributed by atoms with E-state index in [-0.39, 0.29) is 5.82 Å². The van der Waals surface area contributed by atoms with Gasteiger partial charge in [0, 0.05) is 0 Å². The molecule has 0 aliphatic heterocycles. The fourth-order valence-electron chi connectivity index (χ4n) is 6.39. The van der Waals surface area contributed by atoms with Crippen molar-refractivity contribution in [2.45, 2.75) is 0 Å².